The zero-order valence-electron chi connectivity index (χ0n) is 16.7. The van der Waals surface area contributed by atoms with E-state index in [9.17, 15) is 9.59 Å². The van der Waals surface area contributed by atoms with Gasteiger partial charge in [0, 0.05) is 43.7 Å². The predicted molar refractivity (Wildman–Crippen MR) is 102 cm³/mol. The molecule has 4 rings (SSSR count). The van der Waals surface area contributed by atoms with E-state index in [-0.39, 0.29) is 28.8 Å². The van der Waals surface area contributed by atoms with Crippen LogP contribution in [-0.2, 0) is 21.5 Å². The van der Waals surface area contributed by atoms with Crippen molar-refractivity contribution in [3.05, 3.63) is 17.7 Å². The van der Waals surface area contributed by atoms with Gasteiger partial charge in [0.15, 0.2) is 0 Å². The number of rotatable bonds is 1. The average Bonchev–Trinajstić information content (AvgIpc) is 3.32. The number of likely N-dealkylation sites (tertiary alicyclic amines) is 2. The molecule has 0 unspecified atom stereocenters. The summed E-state index contributed by atoms with van der Waals surface area (Å²) in [6.45, 7) is 9.03. The number of fused-ring (bicyclic) bond motifs is 2. The smallest absolute Gasteiger partial charge is 0.240 e. The molecule has 0 aromatic carbocycles. The van der Waals surface area contributed by atoms with Crippen molar-refractivity contribution < 1.29 is 9.59 Å². The van der Waals surface area contributed by atoms with Gasteiger partial charge in [-0.05, 0) is 25.7 Å². The van der Waals surface area contributed by atoms with Crippen molar-refractivity contribution in [3.8, 4) is 0 Å². The van der Waals surface area contributed by atoms with E-state index in [2.05, 4.69) is 15.3 Å². The monoisotopic (exact) mass is 373 g/mol. The van der Waals surface area contributed by atoms with Crippen molar-refractivity contribution in [3.63, 3.8) is 0 Å². The highest BCUT2D eigenvalue weighted by molar-refractivity contribution is 5.83. The lowest BCUT2D eigenvalue weighted by Gasteiger charge is -2.47. The standard InChI is InChI=1S/C20H31N5O2/c1-19(2,3)18(27)25-10-6-20(7-11-25)16-14(21-13-22-16)12-15(23-20)17(26)24-8-4-5-9-24/h13,15,23H,4-12H2,1-3H3,(H,21,22)/t15-/m0/s1. The fraction of sp³-hybridized carbons (Fsp3) is 0.750. The van der Waals surface area contributed by atoms with Crippen LogP contribution < -0.4 is 5.32 Å². The van der Waals surface area contributed by atoms with E-state index in [0.717, 1.165) is 50.2 Å². The molecule has 3 aliphatic rings. The molecule has 4 heterocycles. The lowest BCUT2D eigenvalue weighted by molar-refractivity contribution is -0.142. The number of aromatic amines is 1. The normalized spacial score (nSPS) is 24.9. The molecule has 148 valence electrons. The van der Waals surface area contributed by atoms with Gasteiger partial charge in [0.1, 0.15) is 0 Å². The van der Waals surface area contributed by atoms with Crippen LogP contribution in [0.5, 0.6) is 0 Å². The summed E-state index contributed by atoms with van der Waals surface area (Å²) in [4.78, 5) is 37.5. The van der Waals surface area contributed by atoms with Gasteiger partial charge in [-0.2, -0.15) is 0 Å². The number of hydrogen-bond donors (Lipinski definition) is 2. The van der Waals surface area contributed by atoms with Gasteiger partial charge in [-0.15, -0.1) is 0 Å². The van der Waals surface area contributed by atoms with Crippen molar-refractivity contribution in [1.29, 1.82) is 0 Å². The number of H-pyrrole nitrogens is 1. The molecule has 2 saturated heterocycles. The number of amides is 2. The zero-order valence-corrected chi connectivity index (χ0v) is 16.7. The number of nitrogens with zero attached hydrogens (tertiary/aromatic N) is 3. The van der Waals surface area contributed by atoms with E-state index in [1.807, 2.05) is 30.6 Å². The maximum atomic E-state index is 13.0. The van der Waals surface area contributed by atoms with Gasteiger partial charge < -0.3 is 14.8 Å². The number of carbonyl (C=O) groups excluding carboxylic acids is 2. The number of piperidine rings is 1. The van der Waals surface area contributed by atoms with Gasteiger partial charge in [0.25, 0.3) is 0 Å². The molecule has 1 aromatic rings. The van der Waals surface area contributed by atoms with Crippen molar-refractivity contribution in [2.24, 2.45) is 5.41 Å². The molecule has 0 saturated carbocycles. The van der Waals surface area contributed by atoms with Gasteiger partial charge in [0.2, 0.25) is 11.8 Å². The Morgan fingerprint density at radius 1 is 1.11 bits per heavy atom. The Morgan fingerprint density at radius 3 is 2.41 bits per heavy atom. The minimum atomic E-state index is -0.365. The number of aromatic nitrogens is 2. The largest absolute Gasteiger partial charge is 0.348 e. The van der Waals surface area contributed by atoms with Gasteiger partial charge in [-0.25, -0.2) is 4.98 Å². The molecule has 2 N–H and O–H groups in total. The summed E-state index contributed by atoms with van der Waals surface area (Å²) >= 11 is 0. The highest BCUT2D eigenvalue weighted by Gasteiger charge is 2.47. The summed E-state index contributed by atoms with van der Waals surface area (Å²) in [5.74, 6) is 0.403. The van der Waals surface area contributed by atoms with Crippen LogP contribution in [0.1, 0.15) is 57.8 Å². The van der Waals surface area contributed by atoms with Crippen molar-refractivity contribution in [1.82, 2.24) is 25.1 Å². The second-order valence-corrected chi connectivity index (χ2v) is 9.29. The Kier molecular flexibility index (Phi) is 4.53. The quantitative estimate of drug-likeness (QED) is 0.780. The minimum absolute atomic E-state index is 0.195. The number of carbonyl (C=O) groups is 2. The van der Waals surface area contributed by atoms with E-state index in [1.54, 1.807) is 6.33 Å². The van der Waals surface area contributed by atoms with Crippen LogP contribution in [0.25, 0.3) is 0 Å². The predicted octanol–water partition coefficient (Wildman–Crippen LogP) is 1.41. The molecule has 0 aliphatic carbocycles. The Labute approximate surface area is 160 Å². The van der Waals surface area contributed by atoms with E-state index in [0.29, 0.717) is 19.5 Å². The lowest BCUT2D eigenvalue weighted by Crippen LogP contribution is -2.62. The van der Waals surface area contributed by atoms with Crippen LogP contribution in [0.2, 0.25) is 0 Å². The van der Waals surface area contributed by atoms with Crippen molar-refractivity contribution in [2.45, 2.75) is 64.5 Å². The third-order valence-electron chi connectivity index (χ3n) is 6.29. The third kappa shape index (κ3) is 3.26. The van der Waals surface area contributed by atoms with Crippen LogP contribution in [0.15, 0.2) is 6.33 Å². The number of nitrogens with one attached hydrogen (secondary N) is 2. The summed E-state index contributed by atoms with van der Waals surface area (Å²) in [5, 5.41) is 3.67. The average molecular weight is 374 g/mol. The second-order valence-electron chi connectivity index (χ2n) is 9.29. The lowest BCUT2D eigenvalue weighted by atomic mass is 9.78. The van der Waals surface area contributed by atoms with Crippen LogP contribution in [0.3, 0.4) is 0 Å². The fourth-order valence-electron chi connectivity index (χ4n) is 4.80. The minimum Gasteiger partial charge on any atom is -0.348 e. The summed E-state index contributed by atoms with van der Waals surface area (Å²) in [6, 6.07) is -0.207. The second kappa shape index (κ2) is 6.62. The summed E-state index contributed by atoms with van der Waals surface area (Å²) in [7, 11) is 0. The molecule has 0 bridgehead atoms. The maximum Gasteiger partial charge on any atom is 0.240 e. The summed E-state index contributed by atoms with van der Waals surface area (Å²) < 4.78 is 0. The Hall–Kier alpha value is -1.89. The molecule has 3 aliphatic heterocycles. The molecule has 0 radical (unpaired) electrons. The zero-order chi connectivity index (χ0) is 19.2. The van der Waals surface area contributed by atoms with Gasteiger partial charge in [-0.3, -0.25) is 14.9 Å². The molecule has 1 spiro atoms. The molecule has 7 heteroatoms. The molecule has 7 nitrogen and oxygen atoms in total. The first kappa shape index (κ1) is 18.5. The van der Waals surface area contributed by atoms with Crippen LogP contribution in [0, 0.1) is 5.41 Å². The fourth-order valence-corrected chi connectivity index (χ4v) is 4.80. The molecule has 2 fully saturated rings. The molecule has 27 heavy (non-hydrogen) atoms. The molecule has 2 amide bonds. The van der Waals surface area contributed by atoms with E-state index in [1.165, 1.54) is 0 Å². The van der Waals surface area contributed by atoms with Crippen LogP contribution in [-0.4, -0.2) is 63.8 Å². The first-order valence-corrected chi connectivity index (χ1v) is 10.2. The summed E-state index contributed by atoms with van der Waals surface area (Å²) in [6.07, 6.45) is 6.18. The SMILES string of the molecule is CC(C)(C)C(=O)N1CCC2(CC1)N[C@H](C(=O)N1CCCC1)Cc1[nH]cnc12. The third-order valence-corrected chi connectivity index (χ3v) is 6.29. The molecular formula is C20H31N5O2. The van der Waals surface area contributed by atoms with Gasteiger partial charge in [0.05, 0.1) is 23.6 Å². The maximum absolute atomic E-state index is 13.0. The first-order valence-electron chi connectivity index (χ1n) is 10.2. The highest BCUT2D eigenvalue weighted by atomic mass is 16.2. The van der Waals surface area contributed by atoms with Crippen molar-refractivity contribution in [2.75, 3.05) is 26.2 Å². The highest BCUT2D eigenvalue weighted by Crippen LogP contribution is 2.38. The molecule has 1 atom stereocenters. The van der Waals surface area contributed by atoms with Crippen molar-refractivity contribution >= 4 is 11.8 Å². The van der Waals surface area contributed by atoms with E-state index < -0.39 is 0 Å². The van der Waals surface area contributed by atoms with Crippen LogP contribution in [0.4, 0.5) is 0 Å². The van der Waals surface area contributed by atoms with Crippen LogP contribution >= 0.6 is 0 Å². The Balaban J connectivity index is 1.54. The Bertz CT molecular complexity index is 721. The van der Waals surface area contributed by atoms with Gasteiger partial charge >= 0.3 is 0 Å². The number of imidazole rings is 1. The first-order chi connectivity index (χ1) is 12.8. The molecular weight excluding hydrogens is 342 g/mol. The van der Waals surface area contributed by atoms with E-state index in [4.69, 9.17) is 0 Å². The summed E-state index contributed by atoms with van der Waals surface area (Å²) in [5.41, 5.74) is 1.43. The topological polar surface area (TPSA) is 81.3 Å². The van der Waals surface area contributed by atoms with E-state index >= 15 is 0 Å². The Morgan fingerprint density at radius 2 is 1.78 bits per heavy atom. The number of hydrogen-bond acceptors (Lipinski definition) is 4. The molecule has 1 aromatic heterocycles. The van der Waals surface area contributed by atoms with Gasteiger partial charge in [-0.1, -0.05) is 20.8 Å².